The van der Waals surface area contributed by atoms with Gasteiger partial charge in [-0.3, -0.25) is 0 Å². The number of rotatable bonds is 7. The first kappa shape index (κ1) is 34.0. The zero-order valence-corrected chi connectivity index (χ0v) is 32.5. The molecular formula is C56H37NS. The van der Waals surface area contributed by atoms with Crippen LogP contribution in [0.1, 0.15) is 0 Å². The SMILES string of the molecule is c1ccc(-c2ccc(N(c3ccc(-c4ccccc4)cc3)c3cc(-c4cc5ccccc5c5cc(-c6ccccc6)ccc45)cc4c3sc3ccccc34)cc2)cc1. The Hall–Kier alpha value is -7.26. The van der Waals surface area contributed by atoms with Crippen LogP contribution in [0.15, 0.2) is 224 Å². The first-order valence-electron chi connectivity index (χ1n) is 19.8. The Morgan fingerprint density at radius 3 is 1.40 bits per heavy atom. The third kappa shape index (κ3) is 6.03. The van der Waals surface area contributed by atoms with Crippen molar-refractivity contribution in [2.45, 2.75) is 0 Å². The van der Waals surface area contributed by atoms with Crippen molar-refractivity contribution in [1.82, 2.24) is 0 Å². The third-order valence-electron chi connectivity index (χ3n) is 11.4. The molecule has 0 atom stereocenters. The molecule has 0 N–H and O–H groups in total. The Balaban J connectivity index is 1.17. The van der Waals surface area contributed by atoms with E-state index in [0.29, 0.717) is 0 Å². The first-order valence-corrected chi connectivity index (χ1v) is 20.6. The second-order valence-electron chi connectivity index (χ2n) is 14.9. The normalized spacial score (nSPS) is 11.4. The average molecular weight is 756 g/mol. The molecule has 2 heteroatoms. The number of anilines is 3. The van der Waals surface area contributed by atoms with Gasteiger partial charge in [-0.15, -0.1) is 11.3 Å². The maximum Gasteiger partial charge on any atom is 0.0646 e. The van der Waals surface area contributed by atoms with Crippen LogP contribution >= 0.6 is 11.3 Å². The summed E-state index contributed by atoms with van der Waals surface area (Å²) in [7, 11) is 0. The fourth-order valence-corrected chi connectivity index (χ4v) is 9.77. The highest BCUT2D eigenvalue weighted by Crippen LogP contribution is 2.49. The highest BCUT2D eigenvalue weighted by molar-refractivity contribution is 7.26. The predicted octanol–water partition coefficient (Wildman–Crippen LogP) is 16.5. The van der Waals surface area contributed by atoms with Gasteiger partial charge in [-0.25, -0.2) is 0 Å². The molecule has 0 bridgehead atoms. The summed E-state index contributed by atoms with van der Waals surface area (Å²) in [6.45, 7) is 0. The fourth-order valence-electron chi connectivity index (χ4n) is 8.58. The van der Waals surface area contributed by atoms with Crippen LogP contribution in [-0.2, 0) is 0 Å². The van der Waals surface area contributed by atoms with Crippen molar-refractivity contribution in [1.29, 1.82) is 0 Å². The van der Waals surface area contributed by atoms with Crippen molar-refractivity contribution in [2.24, 2.45) is 0 Å². The van der Waals surface area contributed by atoms with E-state index in [2.05, 4.69) is 229 Å². The van der Waals surface area contributed by atoms with E-state index in [4.69, 9.17) is 0 Å². The van der Waals surface area contributed by atoms with Gasteiger partial charge in [-0.05, 0) is 121 Å². The summed E-state index contributed by atoms with van der Waals surface area (Å²) < 4.78 is 2.55. The number of thiophene rings is 1. The van der Waals surface area contributed by atoms with Gasteiger partial charge >= 0.3 is 0 Å². The summed E-state index contributed by atoms with van der Waals surface area (Å²) in [6.07, 6.45) is 0. The maximum atomic E-state index is 2.46. The van der Waals surface area contributed by atoms with Crippen LogP contribution in [0.25, 0.3) is 86.2 Å². The molecule has 0 amide bonds. The Morgan fingerprint density at radius 2 is 0.776 bits per heavy atom. The van der Waals surface area contributed by atoms with Gasteiger partial charge in [0.2, 0.25) is 0 Å². The van der Waals surface area contributed by atoms with Gasteiger partial charge in [0, 0.05) is 26.8 Å². The smallest absolute Gasteiger partial charge is 0.0646 e. The number of benzene rings is 10. The molecule has 0 unspecified atom stereocenters. The second kappa shape index (κ2) is 14.4. The molecular weight excluding hydrogens is 719 g/mol. The molecule has 272 valence electrons. The van der Waals surface area contributed by atoms with Crippen LogP contribution in [0.4, 0.5) is 17.1 Å². The quantitative estimate of drug-likeness (QED) is 0.146. The molecule has 0 spiro atoms. The van der Waals surface area contributed by atoms with Gasteiger partial charge in [0.25, 0.3) is 0 Å². The lowest BCUT2D eigenvalue weighted by Gasteiger charge is -2.27. The fraction of sp³-hybridized carbons (Fsp3) is 0. The summed E-state index contributed by atoms with van der Waals surface area (Å²) >= 11 is 1.87. The molecule has 0 aliphatic heterocycles. The van der Waals surface area contributed by atoms with E-state index in [1.165, 1.54) is 86.2 Å². The molecule has 0 saturated heterocycles. The summed E-state index contributed by atoms with van der Waals surface area (Å²) in [5.74, 6) is 0. The van der Waals surface area contributed by atoms with Crippen molar-refractivity contribution in [3.63, 3.8) is 0 Å². The van der Waals surface area contributed by atoms with Crippen molar-refractivity contribution < 1.29 is 0 Å². The summed E-state index contributed by atoms with van der Waals surface area (Å²) in [5.41, 5.74) is 13.1. The van der Waals surface area contributed by atoms with Crippen LogP contribution in [0, 0.1) is 0 Å². The molecule has 0 aliphatic rings. The number of fused-ring (bicyclic) bond motifs is 6. The molecule has 11 aromatic rings. The highest BCUT2D eigenvalue weighted by Gasteiger charge is 2.21. The topological polar surface area (TPSA) is 3.24 Å². The molecule has 0 fully saturated rings. The van der Waals surface area contributed by atoms with Crippen molar-refractivity contribution in [3.05, 3.63) is 224 Å². The van der Waals surface area contributed by atoms with E-state index >= 15 is 0 Å². The van der Waals surface area contributed by atoms with Crippen LogP contribution in [0.5, 0.6) is 0 Å². The minimum Gasteiger partial charge on any atom is -0.309 e. The average Bonchev–Trinajstić information content (AvgIpc) is 3.69. The van der Waals surface area contributed by atoms with E-state index in [1.54, 1.807) is 0 Å². The zero-order valence-electron chi connectivity index (χ0n) is 31.7. The van der Waals surface area contributed by atoms with Gasteiger partial charge in [-0.2, -0.15) is 0 Å². The molecule has 11 rings (SSSR count). The number of hydrogen-bond acceptors (Lipinski definition) is 2. The second-order valence-corrected chi connectivity index (χ2v) is 16.0. The number of nitrogens with zero attached hydrogens (tertiary/aromatic N) is 1. The molecule has 0 aliphatic carbocycles. The monoisotopic (exact) mass is 755 g/mol. The molecule has 58 heavy (non-hydrogen) atoms. The van der Waals surface area contributed by atoms with Crippen molar-refractivity contribution in [3.8, 4) is 44.5 Å². The van der Waals surface area contributed by atoms with Crippen molar-refractivity contribution >= 4 is 70.1 Å². The summed E-state index contributed by atoms with van der Waals surface area (Å²) in [4.78, 5) is 2.46. The Bertz CT molecular complexity index is 3160. The standard InChI is InChI=1S/C56H37NS/c1-4-14-38(15-5-1)41-24-29-46(30-25-41)57(47-31-26-42(27-32-47)39-16-6-2-7-17-39)54-37-45(36-53-50-22-12-13-23-55(50)58-56(53)54)51-35-44-20-10-11-21-48(44)52-34-43(28-33-49(51)52)40-18-8-3-9-19-40/h1-37H. The van der Waals surface area contributed by atoms with Crippen LogP contribution in [0.2, 0.25) is 0 Å². The van der Waals surface area contributed by atoms with E-state index in [9.17, 15) is 0 Å². The first-order chi connectivity index (χ1) is 28.7. The lowest BCUT2D eigenvalue weighted by Crippen LogP contribution is -2.10. The molecule has 1 heterocycles. The third-order valence-corrected chi connectivity index (χ3v) is 12.7. The van der Waals surface area contributed by atoms with Crippen LogP contribution in [-0.4, -0.2) is 0 Å². The summed E-state index contributed by atoms with van der Waals surface area (Å²) in [6, 6.07) is 82.0. The Kier molecular flexibility index (Phi) is 8.42. The van der Waals surface area contributed by atoms with Gasteiger partial charge in [0.05, 0.1) is 10.4 Å². The molecule has 0 radical (unpaired) electrons. The Labute approximate surface area is 342 Å². The predicted molar refractivity (Wildman–Crippen MR) is 251 cm³/mol. The van der Waals surface area contributed by atoms with Gasteiger partial charge in [-0.1, -0.05) is 170 Å². The van der Waals surface area contributed by atoms with E-state index in [0.717, 1.165) is 17.1 Å². The lowest BCUT2D eigenvalue weighted by atomic mass is 9.90. The van der Waals surface area contributed by atoms with E-state index in [1.807, 2.05) is 11.3 Å². The Morgan fingerprint density at radius 1 is 0.293 bits per heavy atom. The lowest BCUT2D eigenvalue weighted by molar-refractivity contribution is 1.30. The minimum atomic E-state index is 1.11. The highest BCUT2D eigenvalue weighted by atomic mass is 32.1. The maximum absolute atomic E-state index is 2.46. The van der Waals surface area contributed by atoms with Crippen LogP contribution < -0.4 is 4.90 Å². The van der Waals surface area contributed by atoms with Gasteiger partial charge in [0.1, 0.15) is 0 Å². The van der Waals surface area contributed by atoms with E-state index in [-0.39, 0.29) is 0 Å². The molecule has 10 aromatic carbocycles. The largest absolute Gasteiger partial charge is 0.309 e. The van der Waals surface area contributed by atoms with Crippen LogP contribution in [0.3, 0.4) is 0 Å². The van der Waals surface area contributed by atoms with Gasteiger partial charge in [0.15, 0.2) is 0 Å². The molecule has 1 aromatic heterocycles. The number of hydrogen-bond donors (Lipinski definition) is 0. The van der Waals surface area contributed by atoms with Crippen molar-refractivity contribution in [2.75, 3.05) is 4.90 Å². The zero-order chi connectivity index (χ0) is 38.4. The summed E-state index contributed by atoms with van der Waals surface area (Å²) in [5, 5.41) is 7.55. The molecule has 1 nitrogen and oxygen atoms in total. The van der Waals surface area contributed by atoms with Gasteiger partial charge < -0.3 is 4.90 Å². The van der Waals surface area contributed by atoms with E-state index < -0.39 is 0 Å². The minimum absolute atomic E-state index is 1.11. The molecule has 0 saturated carbocycles.